The van der Waals surface area contributed by atoms with E-state index in [-0.39, 0.29) is 22.8 Å². The molecule has 0 aliphatic carbocycles. The summed E-state index contributed by atoms with van der Waals surface area (Å²) in [4.78, 5) is 33.4. The van der Waals surface area contributed by atoms with Crippen molar-refractivity contribution in [1.82, 2.24) is 14.3 Å². The molecule has 1 amide bonds. The van der Waals surface area contributed by atoms with Gasteiger partial charge in [0.1, 0.15) is 11.4 Å². The number of amides is 1. The molecule has 0 saturated carbocycles. The maximum absolute atomic E-state index is 13.9. The number of halogens is 1. The van der Waals surface area contributed by atoms with Crippen LogP contribution < -0.4 is 10.5 Å². The van der Waals surface area contributed by atoms with Crippen LogP contribution in [-0.4, -0.2) is 46.4 Å². The molecule has 1 aliphatic heterocycles. The third-order valence-corrected chi connectivity index (χ3v) is 5.10. The fourth-order valence-corrected chi connectivity index (χ4v) is 3.68. The Kier molecular flexibility index (Phi) is 3.96. The van der Waals surface area contributed by atoms with Crippen LogP contribution in [0.5, 0.6) is 0 Å². The summed E-state index contributed by atoms with van der Waals surface area (Å²) in [5.74, 6) is -0.598. The van der Waals surface area contributed by atoms with Crippen LogP contribution in [0.25, 0.3) is 4.96 Å². The van der Waals surface area contributed by atoms with Crippen molar-refractivity contribution in [1.29, 1.82) is 0 Å². The number of anilines is 1. The van der Waals surface area contributed by atoms with Crippen LogP contribution >= 0.6 is 11.3 Å². The number of piperazine rings is 1. The van der Waals surface area contributed by atoms with Gasteiger partial charge in [0.05, 0.1) is 5.69 Å². The van der Waals surface area contributed by atoms with Gasteiger partial charge < -0.3 is 9.80 Å². The number of benzene rings is 1. The summed E-state index contributed by atoms with van der Waals surface area (Å²) in [5.41, 5.74) is 0.249. The molecule has 3 aromatic rings. The Morgan fingerprint density at radius 1 is 1.16 bits per heavy atom. The summed E-state index contributed by atoms with van der Waals surface area (Å²) in [6.45, 7) is 1.89. The van der Waals surface area contributed by atoms with Crippen molar-refractivity contribution in [3.63, 3.8) is 0 Å². The van der Waals surface area contributed by atoms with Crippen LogP contribution in [0.1, 0.15) is 10.4 Å². The number of hydrogen-bond acceptors (Lipinski definition) is 5. The minimum Gasteiger partial charge on any atom is -0.366 e. The highest BCUT2D eigenvalue weighted by Crippen LogP contribution is 2.20. The van der Waals surface area contributed by atoms with E-state index in [0.29, 0.717) is 36.8 Å². The number of nitrogens with zero attached hydrogens (tertiary/aromatic N) is 4. The number of hydrogen-bond donors (Lipinski definition) is 0. The lowest BCUT2D eigenvalue weighted by atomic mass is 10.2. The highest BCUT2D eigenvalue weighted by Gasteiger charge is 2.25. The summed E-state index contributed by atoms with van der Waals surface area (Å²) in [6, 6.07) is 6.60. The number of thiazole rings is 1. The van der Waals surface area contributed by atoms with Gasteiger partial charge >= 0.3 is 0 Å². The first-order valence-corrected chi connectivity index (χ1v) is 8.77. The standard InChI is InChI=1S/C17H15FN4O2S/c18-13-3-1-2-4-14(13)20-5-7-21(8-6-20)15(23)12-11-19-17-22(16(12)24)9-10-25-17/h1-4,9-11H,5-8H2. The molecule has 0 radical (unpaired) electrons. The first-order valence-electron chi connectivity index (χ1n) is 7.89. The molecule has 3 heterocycles. The molecule has 6 nitrogen and oxygen atoms in total. The number of fused-ring (bicyclic) bond motifs is 1. The molecular formula is C17H15FN4O2S. The zero-order valence-electron chi connectivity index (χ0n) is 13.3. The molecule has 1 aromatic carbocycles. The zero-order chi connectivity index (χ0) is 17.4. The van der Waals surface area contributed by atoms with Crippen molar-refractivity contribution in [3.8, 4) is 0 Å². The first-order chi connectivity index (χ1) is 12.1. The van der Waals surface area contributed by atoms with Crippen LogP contribution in [0, 0.1) is 5.82 Å². The van der Waals surface area contributed by atoms with Crippen LogP contribution in [0.4, 0.5) is 10.1 Å². The third-order valence-electron chi connectivity index (χ3n) is 4.33. The number of rotatable bonds is 2. The van der Waals surface area contributed by atoms with E-state index < -0.39 is 0 Å². The van der Waals surface area contributed by atoms with E-state index >= 15 is 0 Å². The monoisotopic (exact) mass is 358 g/mol. The predicted octanol–water partition coefficient (Wildman–Crippen LogP) is 1.86. The van der Waals surface area contributed by atoms with Gasteiger partial charge in [-0.2, -0.15) is 0 Å². The summed E-state index contributed by atoms with van der Waals surface area (Å²) >= 11 is 1.34. The lowest BCUT2D eigenvalue weighted by Gasteiger charge is -2.36. The minimum atomic E-state index is -0.354. The van der Waals surface area contributed by atoms with E-state index in [1.54, 1.807) is 34.7 Å². The normalized spacial score (nSPS) is 14.9. The van der Waals surface area contributed by atoms with Gasteiger partial charge in [-0.15, -0.1) is 11.3 Å². The van der Waals surface area contributed by atoms with Gasteiger partial charge in [-0.1, -0.05) is 12.1 Å². The Balaban J connectivity index is 1.52. The smallest absolute Gasteiger partial charge is 0.271 e. The fraction of sp³-hybridized carbons (Fsp3) is 0.235. The molecule has 0 unspecified atom stereocenters. The van der Waals surface area contributed by atoms with Gasteiger partial charge in [0.25, 0.3) is 11.5 Å². The number of aromatic nitrogens is 2. The molecule has 0 atom stereocenters. The van der Waals surface area contributed by atoms with Crippen molar-refractivity contribution in [3.05, 3.63) is 63.8 Å². The Bertz CT molecular complexity index is 991. The quantitative estimate of drug-likeness (QED) is 0.702. The highest BCUT2D eigenvalue weighted by atomic mass is 32.1. The van der Waals surface area contributed by atoms with Crippen LogP contribution in [0.3, 0.4) is 0 Å². The number of carbonyl (C=O) groups is 1. The third kappa shape index (κ3) is 2.78. The molecule has 1 aliphatic rings. The van der Waals surface area contributed by atoms with E-state index in [1.165, 1.54) is 28.0 Å². The summed E-state index contributed by atoms with van der Waals surface area (Å²) in [6.07, 6.45) is 2.96. The van der Waals surface area contributed by atoms with Crippen LogP contribution in [0.15, 0.2) is 46.8 Å². The molecule has 1 saturated heterocycles. The molecule has 25 heavy (non-hydrogen) atoms. The van der Waals surface area contributed by atoms with E-state index in [0.717, 1.165) is 0 Å². The maximum Gasteiger partial charge on any atom is 0.271 e. The van der Waals surface area contributed by atoms with Crippen molar-refractivity contribution in [2.75, 3.05) is 31.1 Å². The zero-order valence-corrected chi connectivity index (χ0v) is 14.1. The average Bonchev–Trinajstić information content (AvgIpc) is 3.12. The van der Waals surface area contributed by atoms with Crippen molar-refractivity contribution >= 4 is 27.9 Å². The second-order valence-corrected chi connectivity index (χ2v) is 6.64. The molecule has 1 fully saturated rings. The van der Waals surface area contributed by atoms with Gasteiger partial charge in [-0.05, 0) is 12.1 Å². The van der Waals surface area contributed by atoms with E-state index in [2.05, 4.69) is 4.98 Å². The molecular weight excluding hydrogens is 343 g/mol. The average molecular weight is 358 g/mol. The van der Waals surface area contributed by atoms with E-state index in [4.69, 9.17) is 0 Å². The highest BCUT2D eigenvalue weighted by molar-refractivity contribution is 7.15. The molecule has 128 valence electrons. The second-order valence-electron chi connectivity index (χ2n) is 5.76. The van der Waals surface area contributed by atoms with E-state index in [1.807, 2.05) is 4.90 Å². The summed E-state index contributed by atoms with van der Waals surface area (Å²) in [5, 5.41) is 1.76. The minimum absolute atomic E-state index is 0.0650. The molecule has 0 bridgehead atoms. The van der Waals surface area contributed by atoms with Crippen LogP contribution in [0.2, 0.25) is 0 Å². The Labute approximate surface area is 146 Å². The van der Waals surface area contributed by atoms with Gasteiger partial charge in [-0.25, -0.2) is 9.37 Å². The Hall–Kier alpha value is -2.74. The Morgan fingerprint density at radius 3 is 2.68 bits per heavy atom. The lowest BCUT2D eigenvalue weighted by molar-refractivity contribution is 0.0744. The maximum atomic E-state index is 13.9. The first kappa shape index (κ1) is 15.8. The molecule has 4 rings (SSSR count). The van der Waals surface area contributed by atoms with Crippen molar-refractivity contribution < 1.29 is 9.18 Å². The topological polar surface area (TPSA) is 57.9 Å². The molecule has 2 aromatic heterocycles. The van der Waals surface area contributed by atoms with Gasteiger partial charge in [0.15, 0.2) is 4.96 Å². The molecule has 0 N–H and O–H groups in total. The Morgan fingerprint density at radius 2 is 1.92 bits per heavy atom. The van der Waals surface area contributed by atoms with Gasteiger partial charge in [-0.3, -0.25) is 14.0 Å². The molecule has 8 heteroatoms. The fourth-order valence-electron chi connectivity index (χ4n) is 3.00. The second kappa shape index (κ2) is 6.29. The summed E-state index contributed by atoms with van der Waals surface area (Å²) in [7, 11) is 0. The largest absolute Gasteiger partial charge is 0.366 e. The van der Waals surface area contributed by atoms with Crippen LogP contribution in [-0.2, 0) is 0 Å². The molecule has 0 spiro atoms. The summed E-state index contributed by atoms with van der Waals surface area (Å²) < 4.78 is 15.3. The van der Waals surface area contributed by atoms with Gasteiger partial charge in [0.2, 0.25) is 0 Å². The van der Waals surface area contributed by atoms with E-state index in [9.17, 15) is 14.0 Å². The lowest BCUT2D eigenvalue weighted by Crippen LogP contribution is -2.50. The number of carbonyl (C=O) groups excluding carboxylic acids is 1. The van der Waals surface area contributed by atoms with Crippen molar-refractivity contribution in [2.45, 2.75) is 0 Å². The predicted molar refractivity (Wildman–Crippen MR) is 93.9 cm³/mol. The van der Waals surface area contributed by atoms with Gasteiger partial charge in [0, 0.05) is 44.0 Å². The number of para-hydroxylation sites is 1. The van der Waals surface area contributed by atoms with Crippen molar-refractivity contribution in [2.24, 2.45) is 0 Å². The SMILES string of the molecule is O=C(c1cnc2sccn2c1=O)N1CCN(c2ccccc2F)CC1.